The summed E-state index contributed by atoms with van der Waals surface area (Å²) >= 11 is 0. The minimum Gasteiger partial charge on any atom is -0.507 e. The third-order valence-electron chi connectivity index (χ3n) is 7.49. The van der Waals surface area contributed by atoms with Crippen LogP contribution in [0.2, 0.25) is 0 Å². The van der Waals surface area contributed by atoms with Crippen molar-refractivity contribution in [2.75, 3.05) is 13.7 Å². The molecule has 16 nitrogen and oxygen atoms in total. The van der Waals surface area contributed by atoms with Crippen molar-refractivity contribution < 1.29 is 74.1 Å². The van der Waals surface area contributed by atoms with E-state index >= 15 is 0 Å². The maximum absolute atomic E-state index is 13.8. The minimum absolute atomic E-state index is 0.0257. The van der Waals surface area contributed by atoms with E-state index in [4.69, 9.17) is 28.1 Å². The molecule has 0 bridgehead atoms. The fourth-order valence-electron chi connectivity index (χ4n) is 4.97. The third-order valence-corrected chi connectivity index (χ3v) is 7.49. The van der Waals surface area contributed by atoms with Crippen molar-refractivity contribution in [1.29, 1.82) is 0 Å². The lowest BCUT2D eigenvalue weighted by Gasteiger charge is -2.39. The van der Waals surface area contributed by atoms with Gasteiger partial charge in [-0.15, -0.1) is 0 Å². The smallest absolute Gasteiger partial charge is 0.239 e. The van der Waals surface area contributed by atoms with E-state index in [0.717, 1.165) is 6.07 Å². The number of aliphatic hydroxyl groups is 7. The Bertz CT molecular complexity index is 1550. The molecular weight excluding hydrogens is 592 g/mol. The van der Waals surface area contributed by atoms with Crippen LogP contribution in [-0.2, 0) is 9.47 Å². The zero-order valence-electron chi connectivity index (χ0n) is 23.3. The van der Waals surface area contributed by atoms with Gasteiger partial charge >= 0.3 is 0 Å². The Kier molecular flexibility index (Phi) is 8.90. The van der Waals surface area contributed by atoms with Crippen molar-refractivity contribution in [3.63, 3.8) is 0 Å². The molecular formula is C28H32O16. The molecule has 0 aliphatic carbocycles. The molecule has 2 aliphatic heterocycles. The molecule has 2 saturated heterocycles. The third kappa shape index (κ3) is 5.63. The van der Waals surface area contributed by atoms with E-state index in [0.29, 0.717) is 0 Å². The number of aliphatic hydroxyl groups excluding tert-OH is 7. The van der Waals surface area contributed by atoms with Gasteiger partial charge in [0, 0.05) is 17.7 Å². The number of methoxy groups -OCH3 is 1. The van der Waals surface area contributed by atoms with Crippen molar-refractivity contribution in [2.24, 2.45) is 0 Å². The normalized spacial score (nSPS) is 32.4. The van der Waals surface area contributed by atoms with E-state index in [2.05, 4.69) is 0 Å². The van der Waals surface area contributed by atoms with Crippen LogP contribution in [0, 0.1) is 0 Å². The number of rotatable bonds is 7. The minimum atomic E-state index is -1.90. The fraction of sp³-hybridized carbons (Fsp3) is 0.464. The molecule has 16 heteroatoms. The Morgan fingerprint density at radius 3 is 2.11 bits per heavy atom. The Hall–Kier alpha value is -3.71. The van der Waals surface area contributed by atoms with Gasteiger partial charge in [0.15, 0.2) is 17.3 Å². The quantitative estimate of drug-likeness (QED) is 0.141. The van der Waals surface area contributed by atoms with Crippen LogP contribution in [0.25, 0.3) is 22.3 Å². The monoisotopic (exact) mass is 624 g/mol. The first kappa shape index (κ1) is 31.7. The summed E-state index contributed by atoms with van der Waals surface area (Å²) in [6.45, 7) is 0.680. The molecule has 9 N–H and O–H groups in total. The predicted octanol–water partition coefficient (Wildman–Crippen LogP) is -1.74. The maximum atomic E-state index is 13.8. The van der Waals surface area contributed by atoms with E-state index in [1.807, 2.05) is 0 Å². The number of benzene rings is 2. The van der Waals surface area contributed by atoms with Crippen LogP contribution in [0.1, 0.15) is 6.92 Å². The highest BCUT2D eigenvalue weighted by molar-refractivity contribution is 5.88. The molecule has 0 spiro atoms. The molecule has 3 aromatic rings. The molecule has 0 amide bonds. The largest absolute Gasteiger partial charge is 0.507 e. The first-order valence-corrected chi connectivity index (χ1v) is 13.4. The number of aromatic hydroxyl groups is 2. The van der Waals surface area contributed by atoms with Crippen LogP contribution < -0.4 is 19.6 Å². The van der Waals surface area contributed by atoms with Crippen molar-refractivity contribution in [1.82, 2.24) is 0 Å². The van der Waals surface area contributed by atoms with Gasteiger partial charge in [0.1, 0.15) is 65.2 Å². The number of hydrogen-bond donors (Lipinski definition) is 9. The SMILES string of the molecule is COc1cc(-c2oc3cc(O[C@H]4O[C@H](C)[C@@H](O)[C@H](O)[C@@H]4O)cc(O)c3c(=O)c2O[C@@H]2O[C@H](CO)[C@@H](O)[C@H](O)[C@H]2O)ccc1O. The topological polar surface area (TPSA) is 258 Å². The first-order valence-electron chi connectivity index (χ1n) is 13.4. The Morgan fingerprint density at radius 2 is 1.45 bits per heavy atom. The van der Waals surface area contributed by atoms with Crippen LogP contribution >= 0.6 is 0 Å². The van der Waals surface area contributed by atoms with Crippen molar-refractivity contribution in [3.05, 3.63) is 40.6 Å². The lowest BCUT2D eigenvalue weighted by atomic mass is 9.99. The maximum Gasteiger partial charge on any atom is 0.239 e. The van der Waals surface area contributed by atoms with Crippen LogP contribution in [-0.4, -0.2) is 121 Å². The summed E-state index contributed by atoms with van der Waals surface area (Å²) in [5, 5.41) is 91.4. The Morgan fingerprint density at radius 1 is 0.795 bits per heavy atom. The van der Waals surface area contributed by atoms with Gasteiger partial charge in [-0.05, 0) is 25.1 Å². The molecule has 10 atom stereocenters. The summed E-state index contributed by atoms with van der Waals surface area (Å²) in [5.74, 6) is -2.08. The van der Waals surface area contributed by atoms with Gasteiger partial charge in [-0.1, -0.05) is 0 Å². The molecule has 44 heavy (non-hydrogen) atoms. The number of hydrogen-bond acceptors (Lipinski definition) is 16. The van der Waals surface area contributed by atoms with E-state index in [1.54, 1.807) is 0 Å². The zero-order valence-corrected chi connectivity index (χ0v) is 23.3. The molecule has 2 aromatic carbocycles. The van der Waals surface area contributed by atoms with Gasteiger partial charge in [0.2, 0.25) is 23.8 Å². The molecule has 1 aromatic heterocycles. The molecule has 2 fully saturated rings. The highest BCUT2D eigenvalue weighted by atomic mass is 16.7. The molecule has 0 radical (unpaired) electrons. The summed E-state index contributed by atoms with van der Waals surface area (Å²) in [6, 6.07) is 6.03. The summed E-state index contributed by atoms with van der Waals surface area (Å²) in [6.07, 6.45) is -15.7. The van der Waals surface area contributed by atoms with Gasteiger partial charge in [0.25, 0.3) is 0 Å². The lowest BCUT2D eigenvalue weighted by Crippen LogP contribution is -2.60. The fourth-order valence-corrected chi connectivity index (χ4v) is 4.97. The van der Waals surface area contributed by atoms with Crippen LogP contribution in [0.5, 0.6) is 28.7 Å². The highest BCUT2D eigenvalue weighted by Gasteiger charge is 2.46. The highest BCUT2D eigenvalue weighted by Crippen LogP contribution is 2.40. The van der Waals surface area contributed by atoms with Gasteiger partial charge in [0.05, 0.1) is 19.8 Å². The molecule has 2 aliphatic rings. The molecule has 3 heterocycles. The molecule has 0 saturated carbocycles. The van der Waals surface area contributed by atoms with E-state index in [1.165, 1.54) is 38.3 Å². The van der Waals surface area contributed by atoms with Crippen molar-refractivity contribution in [2.45, 2.75) is 68.3 Å². The van der Waals surface area contributed by atoms with Crippen molar-refractivity contribution in [3.8, 4) is 40.1 Å². The molecule has 0 unspecified atom stereocenters. The Balaban J connectivity index is 1.62. The van der Waals surface area contributed by atoms with Crippen LogP contribution in [0.4, 0.5) is 0 Å². The average Bonchev–Trinajstić information content (AvgIpc) is 3.00. The van der Waals surface area contributed by atoms with Gasteiger partial charge in [-0.25, -0.2) is 0 Å². The number of fused-ring (bicyclic) bond motifs is 1. The van der Waals surface area contributed by atoms with Gasteiger partial charge in [-0.2, -0.15) is 0 Å². The second-order valence-corrected chi connectivity index (χ2v) is 10.4. The lowest BCUT2D eigenvalue weighted by molar-refractivity contribution is -0.277. The van der Waals surface area contributed by atoms with E-state index < -0.39 is 90.3 Å². The second-order valence-electron chi connectivity index (χ2n) is 10.4. The van der Waals surface area contributed by atoms with E-state index in [9.17, 15) is 50.8 Å². The number of phenols is 2. The zero-order chi connectivity index (χ0) is 32.0. The van der Waals surface area contributed by atoms with Gasteiger partial charge < -0.3 is 74.1 Å². The predicted molar refractivity (Wildman–Crippen MR) is 145 cm³/mol. The second kappa shape index (κ2) is 12.4. The summed E-state index contributed by atoms with van der Waals surface area (Å²) in [7, 11) is 1.28. The first-order chi connectivity index (χ1) is 20.9. The standard InChI is InChI=1S/C28H32O16/c1-9-18(32)21(35)23(37)27(40-9)41-11-6-13(31)17-15(7-11)42-25(10-3-4-12(30)14(5-10)39-2)26(20(17)34)44-28-24(38)22(36)19(33)16(8-29)43-28/h3-7,9,16,18-19,21-24,27-33,35-38H,8H2,1-2H3/t9-,16-,18-,19-,21+,22+,23+,24-,27-,28+/m1/s1. The van der Waals surface area contributed by atoms with Crippen LogP contribution in [0.3, 0.4) is 0 Å². The Labute approximate surface area is 248 Å². The number of phenolic OH excluding ortho intramolecular Hbond substituents is 2. The number of ether oxygens (including phenoxy) is 5. The molecule has 240 valence electrons. The summed E-state index contributed by atoms with van der Waals surface area (Å²) < 4.78 is 33.3. The summed E-state index contributed by atoms with van der Waals surface area (Å²) in [5.41, 5.74) is -1.16. The van der Waals surface area contributed by atoms with Gasteiger partial charge in [-0.3, -0.25) is 4.79 Å². The van der Waals surface area contributed by atoms with Crippen molar-refractivity contribution >= 4 is 11.0 Å². The molecule has 5 rings (SSSR count). The van der Waals surface area contributed by atoms with Crippen LogP contribution in [0.15, 0.2) is 39.5 Å². The average molecular weight is 625 g/mol. The van der Waals surface area contributed by atoms with E-state index in [-0.39, 0.29) is 34.2 Å². The summed E-state index contributed by atoms with van der Waals surface area (Å²) in [4.78, 5) is 13.8.